The molecule has 0 rings (SSSR count). The van der Waals surface area contributed by atoms with Crippen LogP contribution in [-0.2, 0) is 4.65 Å². The highest BCUT2D eigenvalue weighted by Gasteiger charge is 2.34. The van der Waals surface area contributed by atoms with Gasteiger partial charge in [0.25, 0.3) is 0 Å². The lowest BCUT2D eigenvalue weighted by molar-refractivity contribution is 0.0848. The van der Waals surface area contributed by atoms with Crippen LogP contribution in [0.2, 0.25) is 0 Å². The maximum absolute atomic E-state index is 11.0. The van der Waals surface area contributed by atoms with Crippen molar-refractivity contribution in [3.63, 3.8) is 0 Å². The number of hydrogen-bond acceptors (Lipinski definition) is 3. The van der Waals surface area contributed by atoms with Crippen LogP contribution in [0.5, 0.6) is 0 Å². The lowest BCUT2D eigenvalue weighted by atomic mass is 9.84. The Labute approximate surface area is 128 Å². The largest absolute Gasteiger partial charge is 0.428 e. The summed E-state index contributed by atoms with van der Waals surface area (Å²) in [6.07, 6.45) is 1.61. The third-order valence-electron chi connectivity index (χ3n) is 2.97. The first-order chi connectivity index (χ1) is 9.01. The number of alkyl halides is 2. The van der Waals surface area contributed by atoms with Gasteiger partial charge in [-0.1, -0.05) is 19.4 Å². The van der Waals surface area contributed by atoms with E-state index in [0.717, 1.165) is 5.47 Å². The van der Waals surface area contributed by atoms with Crippen LogP contribution < -0.4 is 0 Å². The smallest absolute Gasteiger partial charge is 0.332 e. The fraction of sp³-hybridized carbons (Fsp3) is 0.786. The van der Waals surface area contributed by atoms with Gasteiger partial charge in [-0.3, -0.25) is 0 Å². The molecule has 0 saturated carbocycles. The topological polar surface area (TPSA) is 33.1 Å². The minimum absolute atomic E-state index is 0.0417. The van der Waals surface area contributed by atoms with Gasteiger partial charge in [-0.2, -0.15) is 12.6 Å². The summed E-state index contributed by atoms with van der Waals surface area (Å²) in [4.78, 5) is 0. The van der Waals surface area contributed by atoms with Gasteiger partial charge in [-0.05, 0) is 40.1 Å². The van der Waals surface area contributed by atoms with E-state index in [1.807, 2.05) is 40.7 Å². The van der Waals surface area contributed by atoms with E-state index < -0.39 is 6.43 Å². The van der Waals surface area contributed by atoms with Crippen molar-refractivity contribution in [3.8, 4) is 0 Å². The van der Waals surface area contributed by atoms with Crippen LogP contribution in [0.3, 0.4) is 0 Å². The van der Waals surface area contributed by atoms with Crippen LogP contribution in [0.1, 0.15) is 54.4 Å². The molecular weight excluding hydrogens is 279 g/mol. The van der Waals surface area contributed by atoms with Crippen LogP contribution in [0.25, 0.3) is 0 Å². The van der Waals surface area contributed by atoms with E-state index in [0.29, 0.717) is 6.42 Å². The molecule has 117 valence electrons. The lowest BCUT2D eigenvalue weighted by Crippen LogP contribution is -2.44. The number of hydrogen-bond donors (Lipinski definition) is 2. The van der Waals surface area contributed by atoms with Gasteiger partial charge in [0.2, 0.25) is 6.43 Å². The summed E-state index contributed by atoms with van der Waals surface area (Å²) in [6, 6.07) is 0. The van der Waals surface area contributed by atoms with E-state index in [1.54, 1.807) is 14.4 Å². The van der Waals surface area contributed by atoms with Gasteiger partial charge in [0.05, 0.1) is 5.60 Å². The van der Waals surface area contributed by atoms with E-state index in [-0.39, 0.29) is 16.8 Å². The van der Waals surface area contributed by atoms with Crippen molar-refractivity contribution < 1.29 is 13.4 Å². The molecule has 0 bridgehead atoms. The quantitative estimate of drug-likeness (QED) is 0.398. The van der Waals surface area contributed by atoms with Crippen molar-refractivity contribution in [2.24, 2.45) is 0 Å². The first-order valence-electron chi connectivity index (χ1n) is 6.70. The number of allylic oxidation sites excluding steroid dienone is 2. The van der Waals surface area contributed by atoms with Crippen molar-refractivity contribution >= 4 is 26.3 Å². The Bertz CT molecular complexity index is 302. The third-order valence-corrected chi connectivity index (χ3v) is 3.51. The molecule has 0 amide bonds. The summed E-state index contributed by atoms with van der Waals surface area (Å²) in [5.74, 6) is 0. The molecule has 0 aliphatic heterocycles. The van der Waals surface area contributed by atoms with Crippen molar-refractivity contribution in [3.05, 3.63) is 11.5 Å². The number of thiol groups is 1. The zero-order valence-corrected chi connectivity index (χ0v) is 14.2. The van der Waals surface area contributed by atoms with Crippen LogP contribution in [0.15, 0.2) is 11.5 Å². The van der Waals surface area contributed by atoms with Crippen molar-refractivity contribution in [2.45, 2.75) is 71.2 Å². The van der Waals surface area contributed by atoms with Gasteiger partial charge >= 0.3 is 7.48 Å². The highest BCUT2D eigenvalue weighted by atomic mass is 32.1. The molecule has 0 aromatic carbocycles. The second-order valence-corrected chi connectivity index (χ2v) is 6.54. The van der Waals surface area contributed by atoms with Gasteiger partial charge in [0, 0.05) is 17.4 Å². The van der Waals surface area contributed by atoms with Crippen LogP contribution in [-0.4, -0.2) is 30.5 Å². The summed E-state index contributed by atoms with van der Waals surface area (Å²) in [5, 5.41) is 7.10. The maximum Gasteiger partial charge on any atom is 0.332 e. The minimum atomic E-state index is -2.10. The van der Waals surface area contributed by atoms with E-state index in [1.165, 1.54) is 6.21 Å². The molecule has 0 atom stereocenters. The van der Waals surface area contributed by atoms with Crippen molar-refractivity contribution in [1.82, 2.24) is 0 Å². The molecule has 0 spiro atoms. The average Bonchev–Trinajstić information content (AvgIpc) is 2.29. The van der Waals surface area contributed by atoms with E-state index in [4.69, 9.17) is 10.1 Å². The van der Waals surface area contributed by atoms with E-state index >= 15 is 0 Å². The SMILES string of the molecule is C/C=C(/[B]OC(C)(C)C(C)(C)S)C=N.CCCC(F)F. The summed E-state index contributed by atoms with van der Waals surface area (Å²) in [5.41, 5.74) is 0.392. The summed E-state index contributed by atoms with van der Waals surface area (Å²) < 4.78 is 27.5. The molecule has 0 aromatic heterocycles. The Morgan fingerprint density at radius 3 is 2.05 bits per heavy atom. The standard InChI is InChI=1S/C10H19BNOS.C4H8F2/c1-6-8(7-12)11-13-9(2,3)10(4,5)14;1-2-3-4(5)6/h6-7,12,14H,1-5H3;4H,2-3H2,1H3/b8-6+,12-7?;. The van der Waals surface area contributed by atoms with Crippen molar-refractivity contribution in [1.29, 1.82) is 5.41 Å². The second kappa shape index (κ2) is 10.4. The van der Waals surface area contributed by atoms with Crippen LogP contribution in [0.4, 0.5) is 8.78 Å². The molecule has 20 heavy (non-hydrogen) atoms. The molecule has 0 heterocycles. The van der Waals surface area contributed by atoms with Crippen LogP contribution in [0, 0.1) is 5.41 Å². The first-order valence-corrected chi connectivity index (χ1v) is 7.14. The zero-order valence-electron chi connectivity index (χ0n) is 13.3. The summed E-state index contributed by atoms with van der Waals surface area (Å²) in [6.45, 7) is 11.6. The Hall–Kier alpha value is -0.355. The highest BCUT2D eigenvalue weighted by molar-refractivity contribution is 7.81. The van der Waals surface area contributed by atoms with Gasteiger partial charge in [-0.25, -0.2) is 8.78 Å². The normalized spacial score (nSPS) is 12.8. The summed E-state index contributed by atoms with van der Waals surface area (Å²) in [7, 11) is 1.60. The number of rotatable bonds is 7. The molecular formula is C14H27BF2NOS. The lowest BCUT2D eigenvalue weighted by Gasteiger charge is -2.38. The maximum atomic E-state index is 11.0. The second-order valence-electron chi connectivity index (χ2n) is 5.42. The van der Waals surface area contributed by atoms with Gasteiger partial charge in [-0.15, -0.1) is 0 Å². The monoisotopic (exact) mass is 306 g/mol. The van der Waals surface area contributed by atoms with Crippen LogP contribution >= 0.6 is 12.6 Å². The predicted octanol–water partition coefficient (Wildman–Crippen LogP) is 4.71. The van der Waals surface area contributed by atoms with E-state index in [2.05, 4.69) is 12.6 Å². The molecule has 0 fully saturated rings. The fourth-order valence-corrected chi connectivity index (χ4v) is 0.816. The summed E-state index contributed by atoms with van der Waals surface area (Å²) >= 11 is 4.47. The first kappa shape index (κ1) is 21.9. The van der Waals surface area contributed by atoms with E-state index in [9.17, 15) is 8.78 Å². The van der Waals surface area contributed by atoms with Gasteiger partial charge in [0.15, 0.2) is 0 Å². The Balaban J connectivity index is 0. The van der Waals surface area contributed by atoms with Gasteiger partial charge < -0.3 is 10.1 Å². The molecule has 0 aliphatic rings. The Kier molecular flexibility index (Phi) is 11.4. The fourth-order valence-electron chi connectivity index (χ4n) is 0.763. The molecule has 2 nitrogen and oxygen atoms in total. The molecule has 1 radical (unpaired) electrons. The Morgan fingerprint density at radius 2 is 1.85 bits per heavy atom. The third kappa shape index (κ3) is 10.4. The number of nitrogens with one attached hydrogen (secondary N) is 1. The molecule has 1 N–H and O–H groups in total. The minimum Gasteiger partial charge on any atom is -0.428 e. The predicted molar refractivity (Wildman–Crippen MR) is 87.4 cm³/mol. The van der Waals surface area contributed by atoms with Gasteiger partial charge in [0.1, 0.15) is 0 Å². The average molecular weight is 306 g/mol. The molecule has 0 aromatic rings. The molecule has 0 unspecified atom stereocenters. The molecule has 6 heteroatoms. The zero-order chi connectivity index (χ0) is 16.4. The Morgan fingerprint density at radius 1 is 1.35 bits per heavy atom. The molecule has 0 aliphatic carbocycles. The highest BCUT2D eigenvalue weighted by Crippen LogP contribution is 2.30. The molecule has 0 saturated heterocycles. The van der Waals surface area contributed by atoms with Crippen molar-refractivity contribution in [2.75, 3.05) is 0 Å². The number of halogens is 2.